The number of rotatable bonds is 3. The van der Waals surface area contributed by atoms with Gasteiger partial charge in [-0.15, -0.1) is 0 Å². The van der Waals surface area contributed by atoms with E-state index in [1.54, 1.807) is 22.8 Å². The largest absolute Gasteiger partial charge is 0.481 e. The van der Waals surface area contributed by atoms with E-state index >= 15 is 0 Å². The van der Waals surface area contributed by atoms with Crippen LogP contribution in [0.15, 0.2) is 42.9 Å². The first kappa shape index (κ1) is 14.3. The molecule has 1 aromatic carbocycles. The highest BCUT2D eigenvalue weighted by atomic mass is 16.4. The summed E-state index contributed by atoms with van der Waals surface area (Å²) in [6, 6.07) is 9.13. The van der Waals surface area contributed by atoms with Gasteiger partial charge in [-0.1, -0.05) is 30.3 Å². The van der Waals surface area contributed by atoms with E-state index in [1.807, 2.05) is 30.3 Å². The second-order valence-corrected chi connectivity index (χ2v) is 5.62. The van der Waals surface area contributed by atoms with Crippen LogP contribution >= 0.6 is 0 Å². The molecule has 1 aliphatic rings. The smallest absolute Gasteiger partial charge is 0.316 e. The van der Waals surface area contributed by atoms with Crippen molar-refractivity contribution in [3.05, 3.63) is 54.1 Å². The first-order chi connectivity index (χ1) is 10.5. The Morgan fingerprint density at radius 2 is 2.00 bits per heavy atom. The average molecular weight is 299 g/mol. The number of aryl methyl sites for hydroxylation is 1. The average Bonchev–Trinajstić information content (AvgIpc) is 3.15. The SMILES string of the molecule is Cn1cncc1C(=O)N1CC[C@](C(=O)O)(c2ccccc2)C1. The number of carboxylic acid groups (broad SMARTS) is 1. The topological polar surface area (TPSA) is 75.4 Å². The standard InChI is InChI=1S/C16H17N3O3/c1-18-11-17-9-13(18)14(20)19-8-7-16(10-19,15(21)22)12-5-3-2-4-6-12/h2-6,9,11H,7-8,10H2,1H3,(H,21,22)/t16-/m1/s1. The first-order valence-corrected chi connectivity index (χ1v) is 7.09. The summed E-state index contributed by atoms with van der Waals surface area (Å²) >= 11 is 0. The summed E-state index contributed by atoms with van der Waals surface area (Å²) in [6.07, 6.45) is 3.48. The predicted molar refractivity (Wildman–Crippen MR) is 79.5 cm³/mol. The van der Waals surface area contributed by atoms with Crippen molar-refractivity contribution in [2.24, 2.45) is 7.05 Å². The summed E-state index contributed by atoms with van der Waals surface area (Å²) in [6.45, 7) is 0.599. The van der Waals surface area contributed by atoms with Crippen LogP contribution in [-0.4, -0.2) is 44.5 Å². The molecule has 0 unspecified atom stereocenters. The molecule has 22 heavy (non-hydrogen) atoms. The lowest BCUT2D eigenvalue weighted by Gasteiger charge is -2.25. The molecule has 114 valence electrons. The molecule has 6 heteroatoms. The molecule has 0 spiro atoms. The number of carboxylic acids is 1. The van der Waals surface area contributed by atoms with Gasteiger partial charge in [-0.05, 0) is 12.0 Å². The highest BCUT2D eigenvalue weighted by Crippen LogP contribution is 2.35. The van der Waals surface area contributed by atoms with Crippen molar-refractivity contribution < 1.29 is 14.7 Å². The first-order valence-electron chi connectivity index (χ1n) is 7.09. The fraction of sp³-hybridized carbons (Fsp3) is 0.312. The predicted octanol–water partition coefficient (Wildman–Crippen LogP) is 1.29. The third kappa shape index (κ3) is 2.16. The molecule has 2 aromatic rings. The third-order valence-electron chi connectivity index (χ3n) is 4.33. The van der Waals surface area contributed by atoms with Crippen molar-refractivity contribution in [2.75, 3.05) is 13.1 Å². The second-order valence-electron chi connectivity index (χ2n) is 5.62. The Labute approximate surface area is 128 Å². The number of aromatic nitrogens is 2. The molecule has 1 atom stereocenters. The van der Waals surface area contributed by atoms with Gasteiger partial charge in [0.15, 0.2) is 0 Å². The fourth-order valence-electron chi connectivity index (χ4n) is 3.00. The zero-order chi connectivity index (χ0) is 15.7. The minimum absolute atomic E-state index is 0.177. The number of carbonyl (C=O) groups excluding carboxylic acids is 1. The maximum Gasteiger partial charge on any atom is 0.316 e. The summed E-state index contributed by atoms with van der Waals surface area (Å²) < 4.78 is 1.64. The zero-order valence-electron chi connectivity index (χ0n) is 12.3. The van der Waals surface area contributed by atoms with Gasteiger partial charge in [-0.2, -0.15) is 0 Å². The van der Waals surface area contributed by atoms with Crippen LogP contribution in [0, 0.1) is 0 Å². The normalized spacial score (nSPS) is 21.0. The van der Waals surface area contributed by atoms with Crippen LogP contribution < -0.4 is 0 Å². The summed E-state index contributed by atoms with van der Waals surface area (Å²) in [7, 11) is 1.75. The van der Waals surface area contributed by atoms with Gasteiger partial charge in [0.05, 0.1) is 12.5 Å². The maximum absolute atomic E-state index is 12.5. The minimum atomic E-state index is -1.03. The Kier molecular flexibility index (Phi) is 3.44. The number of benzene rings is 1. The van der Waals surface area contributed by atoms with Gasteiger partial charge in [-0.3, -0.25) is 9.59 Å². The van der Waals surface area contributed by atoms with Crippen molar-refractivity contribution in [1.29, 1.82) is 0 Å². The minimum Gasteiger partial charge on any atom is -0.481 e. The van der Waals surface area contributed by atoms with Crippen LogP contribution in [0.4, 0.5) is 0 Å². The van der Waals surface area contributed by atoms with Crippen LogP contribution in [0.2, 0.25) is 0 Å². The highest BCUT2D eigenvalue weighted by molar-refractivity contribution is 5.94. The van der Waals surface area contributed by atoms with Gasteiger partial charge >= 0.3 is 5.97 Å². The van der Waals surface area contributed by atoms with Crippen LogP contribution in [0.3, 0.4) is 0 Å². The zero-order valence-corrected chi connectivity index (χ0v) is 12.3. The number of carbonyl (C=O) groups is 2. The van der Waals surface area contributed by atoms with E-state index in [-0.39, 0.29) is 12.5 Å². The number of amides is 1. The van der Waals surface area contributed by atoms with Crippen molar-refractivity contribution in [1.82, 2.24) is 14.5 Å². The van der Waals surface area contributed by atoms with Crippen LogP contribution in [0.25, 0.3) is 0 Å². The molecule has 1 fully saturated rings. The molecule has 0 bridgehead atoms. The van der Waals surface area contributed by atoms with E-state index in [2.05, 4.69) is 4.98 Å². The van der Waals surface area contributed by atoms with E-state index in [1.165, 1.54) is 6.20 Å². The van der Waals surface area contributed by atoms with Crippen molar-refractivity contribution >= 4 is 11.9 Å². The molecule has 1 aromatic heterocycles. The van der Waals surface area contributed by atoms with Gasteiger partial charge in [0.25, 0.3) is 5.91 Å². The quantitative estimate of drug-likeness (QED) is 0.926. The van der Waals surface area contributed by atoms with E-state index < -0.39 is 11.4 Å². The number of hydrogen-bond acceptors (Lipinski definition) is 3. The number of hydrogen-bond donors (Lipinski definition) is 1. The van der Waals surface area contributed by atoms with Crippen molar-refractivity contribution in [3.63, 3.8) is 0 Å². The summed E-state index contributed by atoms with van der Waals surface area (Å²) in [5.74, 6) is -1.07. The number of nitrogens with zero attached hydrogens (tertiary/aromatic N) is 3. The second kappa shape index (κ2) is 5.29. The summed E-state index contributed by atoms with van der Waals surface area (Å²) in [4.78, 5) is 30.0. The van der Waals surface area contributed by atoms with Gasteiger partial charge in [0, 0.05) is 20.1 Å². The van der Waals surface area contributed by atoms with E-state index in [0.29, 0.717) is 18.7 Å². The molecule has 0 radical (unpaired) electrons. The Hall–Kier alpha value is -2.63. The molecular weight excluding hydrogens is 282 g/mol. The summed E-state index contributed by atoms with van der Waals surface area (Å²) in [5.41, 5.74) is 0.173. The Morgan fingerprint density at radius 1 is 1.27 bits per heavy atom. The Balaban J connectivity index is 1.90. The maximum atomic E-state index is 12.5. The van der Waals surface area contributed by atoms with Crippen LogP contribution in [-0.2, 0) is 17.3 Å². The van der Waals surface area contributed by atoms with Gasteiger partial charge in [0.1, 0.15) is 11.1 Å². The van der Waals surface area contributed by atoms with Gasteiger partial charge < -0.3 is 14.6 Å². The van der Waals surface area contributed by atoms with E-state index in [4.69, 9.17) is 0 Å². The molecule has 3 rings (SSSR count). The number of imidazole rings is 1. The summed E-state index contributed by atoms with van der Waals surface area (Å²) in [5, 5.41) is 9.75. The molecule has 1 aliphatic heterocycles. The third-order valence-corrected chi connectivity index (χ3v) is 4.33. The van der Waals surface area contributed by atoms with Gasteiger partial charge in [-0.25, -0.2) is 4.98 Å². The van der Waals surface area contributed by atoms with E-state index in [0.717, 1.165) is 5.56 Å². The molecule has 1 amide bonds. The highest BCUT2D eigenvalue weighted by Gasteiger charge is 2.47. The molecule has 0 aliphatic carbocycles. The Bertz CT molecular complexity index is 710. The molecule has 2 heterocycles. The Morgan fingerprint density at radius 3 is 2.59 bits per heavy atom. The molecule has 0 saturated carbocycles. The number of likely N-dealkylation sites (tertiary alicyclic amines) is 1. The molecule has 6 nitrogen and oxygen atoms in total. The van der Waals surface area contributed by atoms with Crippen LogP contribution in [0.5, 0.6) is 0 Å². The van der Waals surface area contributed by atoms with E-state index in [9.17, 15) is 14.7 Å². The van der Waals surface area contributed by atoms with Gasteiger partial charge in [0.2, 0.25) is 0 Å². The molecule has 1 saturated heterocycles. The monoisotopic (exact) mass is 299 g/mol. The lowest BCUT2D eigenvalue weighted by molar-refractivity contribution is -0.143. The van der Waals surface area contributed by atoms with Crippen molar-refractivity contribution in [3.8, 4) is 0 Å². The molecular formula is C16H17N3O3. The van der Waals surface area contributed by atoms with Crippen molar-refractivity contribution in [2.45, 2.75) is 11.8 Å². The lowest BCUT2D eigenvalue weighted by atomic mass is 9.80. The fourth-order valence-corrected chi connectivity index (χ4v) is 3.00. The molecule has 1 N–H and O–H groups in total. The lowest BCUT2D eigenvalue weighted by Crippen LogP contribution is -2.40. The van der Waals surface area contributed by atoms with Crippen LogP contribution in [0.1, 0.15) is 22.5 Å². The number of aliphatic carboxylic acids is 1.